The fraction of sp³-hybridized carbons (Fsp3) is 0.417. The molecule has 8 heteroatoms. The molecule has 0 fully saturated rings. The predicted octanol–water partition coefficient (Wildman–Crippen LogP) is 0.553. The van der Waals surface area contributed by atoms with E-state index in [4.69, 9.17) is 5.73 Å². The number of rotatable bonds is 5. The molecule has 0 aliphatic rings. The van der Waals surface area contributed by atoms with Crippen molar-refractivity contribution in [3.8, 4) is 0 Å². The van der Waals surface area contributed by atoms with Crippen molar-refractivity contribution in [2.24, 2.45) is 0 Å². The van der Waals surface area contributed by atoms with Gasteiger partial charge in [0, 0.05) is 13.1 Å². The van der Waals surface area contributed by atoms with Crippen LogP contribution in [-0.4, -0.2) is 38.3 Å². The molecule has 6 nitrogen and oxygen atoms in total. The van der Waals surface area contributed by atoms with Crippen LogP contribution in [0.1, 0.15) is 13.8 Å². The summed E-state index contributed by atoms with van der Waals surface area (Å²) in [7, 11) is -2.78. The van der Waals surface area contributed by atoms with Gasteiger partial charge in [0.05, 0.1) is 12.2 Å². The number of nitrogens with one attached hydrogen (secondary N) is 1. The van der Waals surface area contributed by atoms with Gasteiger partial charge in [-0.25, -0.2) is 12.8 Å². The van der Waals surface area contributed by atoms with Gasteiger partial charge in [-0.15, -0.1) is 0 Å². The molecule has 1 amide bonds. The van der Waals surface area contributed by atoms with E-state index in [1.807, 2.05) is 0 Å². The van der Waals surface area contributed by atoms with Gasteiger partial charge in [-0.05, 0) is 26.0 Å². The van der Waals surface area contributed by atoms with Crippen LogP contribution in [0.25, 0.3) is 0 Å². The Balaban J connectivity index is 2.99. The molecule has 0 saturated heterocycles. The average Bonchev–Trinajstić information content (AvgIpc) is 2.31. The molecule has 0 unspecified atom stereocenters. The van der Waals surface area contributed by atoms with E-state index in [1.165, 1.54) is 19.2 Å². The molecule has 0 radical (unpaired) electrons. The third kappa shape index (κ3) is 3.67. The van der Waals surface area contributed by atoms with Crippen molar-refractivity contribution in [1.82, 2.24) is 9.62 Å². The first kappa shape index (κ1) is 16.4. The normalized spacial score (nSPS) is 11.9. The fourth-order valence-corrected chi connectivity index (χ4v) is 2.81. The van der Waals surface area contributed by atoms with Crippen molar-refractivity contribution >= 4 is 21.6 Å². The largest absolute Gasteiger partial charge is 0.395 e. The number of likely N-dealkylation sites (N-methyl/N-ethyl adjacent to an activating group) is 1. The van der Waals surface area contributed by atoms with Crippen LogP contribution >= 0.6 is 0 Å². The number of sulfonamides is 1. The smallest absolute Gasteiger partial charge is 0.245 e. The van der Waals surface area contributed by atoms with Gasteiger partial charge in [-0.2, -0.15) is 4.31 Å². The molecule has 3 N–H and O–H groups in total. The van der Waals surface area contributed by atoms with Crippen molar-refractivity contribution in [2.75, 3.05) is 19.3 Å². The van der Waals surface area contributed by atoms with E-state index in [9.17, 15) is 17.6 Å². The van der Waals surface area contributed by atoms with E-state index in [0.29, 0.717) is 0 Å². The highest BCUT2D eigenvalue weighted by atomic mass is 32.2. The van der Waals surface area contributed by atoms with Crippen LogP contribution in [0.2, 0.25) is 0 Å². The Morgan fingerprint density at radius 1 is 1.45 bits per heavy atom. The Bertz CT molecular complexity index is 602. The van der Waals surface area contributed by atoms with Gasteiger partial charge in [-0.1, -0.05) is 6.07 Å². The fourth-order valence-electron chi connectivity index (χ4n) is 1.56. The third-order valence-corrected chi connectivity index (χ3v) is 4.38. The number of para-hydroxylation sites is 1. The van der Waals surface area contributed by atoms with Gasteiger partial charge in [0.2, 0.25) is 15.9 Å². The SMILES string of the molecule is CC(C)NC(=O)CN(C)S(=O)(=O)c1cccc(F)c1N. The summed E-state index contributed by atoms with van der Waals surface area (Å²) in [6, 6.07) is 3.42. The lowest BCUT2D eigenvalue weighted by atomic mass is 10.3. The summed E-state index contributed by atoms with van der Waals surface area (Å²) in [4.78, 5) is 11.2. The van der Waals surface area contributed by atoms with Crippen molar-refractivity contribution in [3.63, 3.8) is 0 Å². The lowest BCUT2D eigenvalue weighted by molar-refractivity contribution is -0.121. The molecular weight excluding hydrogens is 285 g/mol. The van der Waals surface area contributed by atoms with Crippen LogP contribution in [0.3, 0.4) is 0 Å². The van der Waals surface area contributed by atoms with Gasteiger partial charge >= 0.3 is 0 Å². The van der Waals surface area contributed by atoms with Crippen LogP contribution in [0.4, 0.5) is 10.1 Å². The number of anilines is 1. The van der Waals surface area contributed by atoms with Crippen molar-refractivity contribution in [3.05, 3.63) is 24.0 Å². The molecule has 0 aliphatic carbocycles. The molecule has 1 aromatic rings. The zero-order valence-corrected chi connectivity index (χ0v) is 12.4. The molecule has 112 valence electrons. The molecule has 0 heterocycles. The van der Waals surface area contributed by atoms with Crippen LogP contribution in [0.5, 0.6) is 0 Å². The Morgan fingerprint density at radius 3 is 2.60 bits per heavy atom. The molecule has 20 heavy (non-hydrogen) atoms. The number of benzene rings is 1. The molecule has 1 rings (SSSR count). The minimum Gasteiger partial charge on any atom is -0.395 e. The van der Waals surface area contributed by atoms with E-state index in [2.05, 4.69) is 5.32 Å². The number of nitrogens with two attached hydrogens (primary N) is 1. The molecular formula is C12H18FN3O3S. The Kier molecular flexibility index (Phi) is 5.07. The number of nitrogen functional groups attached to an aromatic ring is 1. The Hall–Kier alpha value is -1.67. The van der Waals surface area contributed by atoms with Crippen LogP contribution < -0.4 is 11.1 Å². The molecule has 0 spiro atoms. The minimum atomic E-state index is -4.02. The van der Waals surface area contributed by atoms with Gasteiger partial charge in [0.1, 0.15) is 10.7 Å². The van der Waals surface area contributed by atoms with Crippen LogP contribution in [0.15, 0.2) is 23.1 Å². The molecule has 0 bridgehead atoms. The number of amides is 1. The number of carbonyl (C=O) groups excluding carboxylic acids is 1. The summed E-state index contributed by atoms with van der Waals surface area (Å²) in [6.07, 6.45) is 0. The molecule has 1 aromatic carbocycles. The second kappa shape index (κ2) is 6.19. The number of halogens is 1. The summed E-state index contributed by atoms with van der Waals surface area (Å²) in [5.41, 5.74) is 4.98. The maximum atomic E-state index is 13.3. The highest BCUT2D eigenvalue weighted by Gasteiger charge is 2.26. The summed E-state index contributed by atoms with van der Waals surface area (Å²) in [5, 5.41) is 2.57. The second-order valence-electron chi connectivity index (χ2n) is 4.63. The van der Waals surface area contributed by atoms with Gasteiger partial charge < -0.3 is 11.1 Å². The minimum absolute atomic E-state index is 0.0992. The monoisotopic (exact) mass is 303 g/mol. The number of hydrogen-bond acceptors (Lipinski definition) is 4. The number of nitrogens with zero attached hydrogens (tertiary/aromatic N) is 1. The first-order valence-electron chi connectivity index (χ1n) is 5.96. The summed E-state index contributed by atoms with van der Waals surface area (Å²) >= 11 is 0. The summed E-state index contributed by atoms with van der Waals surface area (Å²) < 4.78 is 38.6. The first-order valence-corrected chi connectivity index (χ1v) is 7.40. The van der Waals surface area contributed by atoms with E-state index in [0.717, 1.165) is 10.4 Å². The van der Waals surface area contributed by atoms with E-state index < -0.39 is 27.4 Å². The maximum Gasteiger partial charge on any atom is 0.245 e. The van der Waals surface area contributed by atoms with Crippen molar-refractivity contribution < 1.29 is 17.6 Å². The lowest BCUT2D eigenvalue weighted by Crippen LogP contribution is -2.41. The third-order valence-electron chi connectivity index (χ3n) is 2.52. The summed E-state index contributed by atoms with van der Waals surface area (Å²) in [5.74, 6) is -1.26. The van der Waals surface area contributed by atoms with Gasteiger partial charge in [-0.3, -0.25) is 4.79 Å². The van der Waals surface area contributed by atoms with E-state index in [1.54, 1.807) is 13.8 Å². The molecule has 0 aromatic heterocycles. The van der Waals surface area contributed by atoms with E-state index >= 15 is 0 Å². The Morgan fingerprint density at radius 2 is 2.05 bits per heavy atom. The van der Waals surface area contributed by atoms with Crippen LogP contribution in [-0.2, 0) is 14.8 Å². The maximum absolute atomic E-state index is 13.3. The number of carbonyl (C=O) groups is 1. The topological polar surface area (TPSA) is 92.5 Å². The standard InChI is InChI=1S/C12H18FN3O3S/c1-8(2)15-11(17)7-16(3)20(18,19)10-6-4-5-9(13)12(10)14/h4-6,8H,7,14H2,1-3H3,(H,15,17). The zero-order valence-electron chi connectivity index (χ0n) is 11.6. The van der Waals surface area contributed by atoms with Crippen LogP contribution in [0, 0.1) is 5.82 Å². The number of hydrogen-bond donors (Lipinski definition) is 2. The highest BCUT2D eigenvalue weighted by Crippen LogP contribution is 2.23. The average molecular weight is 303 g/mol. The predicted molar refractivity (Wildman–Crippen MR) is 73.9 cm³/mol. The molecule has 0 saturated carbocycles. The Labute approximate surface area is 117 Å². The zero-order chi connectivity index (χ0) is 15.5. The summed E-state index contributed by atoms with van der Waals surface area (Å²) in [6.45, 7) is 3.16. The quantitative estimate of drug-likeness (QED) is 0.777. The first-order chi connectivity index (χ1) is 9.16. The second-order valence-corrected chi connectivity index (χ2v) is 6.65. The highest BCUT2D eigenvalue weighted by molar-refractivity contribution is 7.89. The lowest BCUT2D eigenvalue weighted by Gasteiger charge is -2.18. The molecule has 0 aliphatic heterocycles. The van der Waals surface area contributed by atoms with Gasteiger partial charge in [0.25, 0.3) is 0 Å². The van der Waals surface area contributed by atoms with Crippen molar-refractivity contribution in [1.29, 1.82) is 0 Å². The van der Waals surface area contributed by atoms with E-state index in [-0.39, 0.29) is 17.5 Å². The van der Waals surface area contributed by atoms with Crippen molar-refractivity contribution in [2.45, 2.75) is 24.8 Å². The molecule has 0 atom stereocenters. The van der Waals surface area contributed by atoms with Gasteiger partial charge in [0.15, 0.2) is 0 Å².